The van der Waals surface area contributed by atoms with E-state index in [1.807, 2.05) is 0 Å². The Balaban J connectivity index is 0.971. The molecule has 238 valence electrons. The normalized spacial score (nSPS) is 52.6. The lowest BCUT2D eigenvalue weighted by atomic mass is 9.46. The first-order chi connectivity index (χ1) is 19.9. The number of ether oxygens (including phenoxy) is 4. The average molecular weight is 588 g/mol. The lowest BCUT2D eigenvalue weighted by Gasteiger charge is -2.60. The predicted molar refractivity (Wildman–Crippen MR) is 159 cm³/mol. The van der Waals surface area contributed by atoms with Crippen molar-refractivity contribution in [2.75, 3.05) is 32.9 Å². The van der Waals surface area contributed by atoms with E-state index >= 15 is 0 Å². The molecule has 7 heteroatoms. The van der Waals surface area contributed by atoms with Crippen molar-refractivity contribution < 1.29 is 29.2 Å². The van der Waals surface area contributed by atoms with E-state index in [4.69, 9.17) is 18.9 Å². The van der Waals surface area contributed by atoms with Gasteiger partial charge in [-0.3, -0.25) is 4.90 Å². The lowest BCUT2D eigenvalue weighted by molar-refractivity contribution is -0.253. The first-order valence-electron chi connectivity index (χ1n) is 17.5. The second-order valence-corrected chi connectivity index (χ2v) is 17.5. The molecule has 42 heavy (non-hydrogen) atoms. The van der Waals surface area contributed by atoms with E-state index in [1.165, 1.54) is 38.5 Å². The summed E-state index contributed by atoms with van der Waals surface area (Å²) in [5.74, 6) is 2.87. The highest BCUT2D eigenvalue weighted by Crippen LogP contribution is 2.87. The first-order valence-corrected chi connectivity index (χ1v) is 17.5. The van der Waals surface area contributed by atoms with E-state index in [2.05, 4.69) is 25.7 Å². The van der Waals surface area contributed by atoms with Crippen LogP contribution in [0.2, 0.25) is 0 Å². The molecule has 12 atom stereocenters. The third kappa shape index (κ3) is 4.02. The van der Waals surface area contributed by atoms with Gasteiger partial charge in [0.15, 0.2) is 6.29 Å². The van der Waals surface area contributed by atoms with Crippen LogP contribution in [-0.4, -0.2) is 90.4 Å². The van der Waals surface area contributed by atoms with Gasteiger partial charge in [0, 0.05) is 6.54 Å². The van der Waals surface area contributed by atoms with Gasteiger partial charge in [0.2, 0.25) is 0 Å². The number of aliphatic hydroxyl groups is 2. The zero-order valence-electron chi connectivity index (χ0n) is 26.9. The fourth-order valence-electron chi connectivity index (χ4n) is 12.8. The molecule has 3 saturated heterocycles. The van der Waals surface area contributed by atoms with Crippen molar-refractivity contribution in [3.05, 3.63) is 0 Å². The van der Waals surface area contributed by atoms with E-state index in [0.29, 0.717) is 28.2 Å². The van der Waals surface area contributed by atoms with Gasteiger partial charge in [0.25, 0.3) is 0 Å². The monoisotopic (exact) mass is 587 g/mol. The molecule has 0 amide bonds. The van der Waals surface area contributed by atoms with Crippen LogP contribution in [0, 0.1) is 45.3 Å². The molecule has 7 nitrogen and oxygen atoms in total. The van der Waals surface area contributed by atoms with Gasteiger partial charge in [-0.25, -0.2) is 0 Å². The molecule has 8 rings (SSSR count). The van der Waals surface area contributed by atoms with Crippen molar-refractivity contribution in [1.29, 1.82) is 0 Å². The molecule has 3 heterocycles. The minimum Gasteiger partial charge on any atom is -0.388 e. The maximum Gasteiger partial charge on any atom is 0.170 e. The molecule has 8 aliphatic rings. The van der Waals surface area contributed by atoms with Crippen LogP contribution >= 0.6 is 0 Å². The van der Waals surface area contributed by atoms with Crippen LogP contribution < -0.4 is 0 Å². The third-order valence-corrected chi connectivity index (χ3v) is 15.2. The summed E-state index contributed by atoms with van der Waals surface area (Å²) in [6.45, 7) is 15.4. The summed E-state index contributed by atoms with van der Waals surface area (Å²) < 4.78 is 25.2. The Morgan fingerprint density at radius 2 is 1.71 bits per heavy atom. The smallest absolute Gasteiger partial charge is 0.170 e. The van der Waals surface area contributed by atoms with Crippen LogP contribution in [0.25, 0.3) is 0 Å². The van der Waals surface area contributed by atoms with E-state index in [9.17, 15) is 10.2 Å². The number of nitrogens with zero attached hydrogens (tertiary/aromatic N) is 1. The summed E-state index contributed by atoms with van der Waals surface area (Å²) in [4.78, 5) is 2.52. The van der Waals surface area contributed by atoms with Gasteiger partial charge in [-0.15, -0.1) is 0 Å². The average Bonchev–Trinajstić information content (AvgIpc) is 3.48. The maximum absolute atomic E-state index is 10.8. The van der Waals surface area contributed by atoms with Crippen molar-refractivity contribution in [3.8, 4) is 0 Å². The van der Waals surface area contributed by atoms with E-state index in [1.54, 1.807) is 13.8 Å². The highest BCUT2D eigenvalue weighted by molar-refractivity contribution is 5.29. The van der Waals surface area contributed by atoms with Gasteiger partial charge >= 0.3 is 0 Å². The molecule has 0 aromatic heterocycles. The molecule has 0 bridgehead atoms. The Morgan fingerprint density at radius 3 is 2.45 bits per heavy atom. The molecule has 8 unspecified atom stereocenters. The molecular weight excluding hydrogens is 530 g/mol. The van der Waals surface area contributed by atoms with E-state index in [-0.39, 0.29) is 30.0 Å². The summed E-state index contributed by atoms with van der Waals surface area (Å²) in [6, 6.07) is 0.545. The largest absolute Gasteiger partial charge is 0.388 e. The third-order valence-electron chi connectivity index (χ3n) is 15.2. The molecular formula is C35H57NO6. The summed E-state index contributed by atoms with van der Waals surface area (Å²) in [5.41, 5.74) is 0.403. The van der Waals surface area contributed by atoms with E-state index < -0.39 is 11.7 Å². The van der Waals surface area contributed by atoms with Crippen LogP contribution in [0.1, 0.15) is 98.8 Å². The quantitative estimate of drug-likeness (QED) is 0.480. The van der Waals surface area contributed by atoms with Crippen LogP contribution in [0.3, 0.4) is 0 Å². The molecule has 0 radical (unpaired) electrons. The van der Waals surface area contributed by atoms with Crippen LogP contribution in [0.15, 0.2) is 0 Å². The van der Waals surface area contributed by atoms with Gasteiger partial charge in [0.05, 0.1) is 56.3 Å². The van der Waals surface area contributed by atoms with Gasteiger partial charge < -0.3 is 29.2 Å². The van der Waals surface area contributed by atoms with Crippen LogP contribution in [0.4, 0.5) is 0 Å². The van der Waals surface area contributed by atoms with Crippen molar-refractivity contribution in [2.45, 2.75) is 141 Å². The second kappa shape index (κ2) is 9.62. The molecule has 2 N–H and O–H groups in total. The number of hydrogen-bond acceptors (Lipinski definition) is 7. The fraction of sp³-hybridized carbons (Fsp3) is 1.00. The highest BCUT2D eigenvalue weighted by atomic mass is 16.7. The van der Waals surface area contributed by atoms with Gasteiger partial charge in [0.1, 0.15) is 6.10 Å². The molecule has 8 fully saturated rings. The lowest BCUT2D eigenvalue weighted by Crippen LogP contribution is -2.58. The SMILES string of the molecule is CC12CC[C@@]34C[C@@]35CC[C@H](OC3CN(C6COC6)CCO3)C(C)(C)C5CCC4C1CC1OC([C@H](O)C(C)(C)O)CCC12. The van der Waals surface area contributed by atoms with Crippen molar-refractivity contribution in [2.24, 2.45) is 45.3 Å². The Hall–Kier alpha value is -0.280. The van der Waals surface area contributed by atoms with Gasteiger partial charge in [-0.2, -0.15) is 0 Å². The first kappa shape index (κ1) is 29.1. The number of rotatable bonds is 5. The molecule has 3 aliphatic heterocycles. The number of fused-ring (bicyclic) bond motifs is 4. The summed E-state index contributed by atoms with van der Waals surface area (Å²) in [6.07, 6.45) is 11.8. The summed E-state index contributed by atoms with van der Waals surface area (Å²) in [7, 11) is 0. The van der Waals surface area contributed by atoms with Gasteiger partial charge in [-0.1, -0.05) is 20.8 Å². The molecule has 0 aromatic carbocycles. The maximum atomic E-state index is 10.8. The van der Waals surface area contributed by atoms with E-state index in [0.717, 1.165) is 76.3 Å². The zero-order chi connectivity index (χ0) is 29.3. The molecule has 5 aliphatic carbocycles. The number of morpholine rings is 1. The van der Waals surface area contributed by atoms with Crippen molar-refractivity contribution in [3.63, 3.8) is 0 Å². The minimum absolute atomic E-state index is 0.113. The molecule has 2 spiro atoms. The molecule has 0 aromatic rings. The predicted octanol–water partition coefficient (Wildman–Crippen LogP) is 4.77. The van der Waals surface area contributed by atoms with Gasteiger partial charge in [-0.05, 0) is 123 Å². The number of aliphatic hydroxyl groups excluding tert-OH is 1. The summed E-state index contributed by atoms with van der Waals surface area (Å²) >= 11 is 0. The summed E-state index contributed by atoms with van der Waals surface area (Å²) in [5, 5.41) is 21.3. The Bertz CT molecular complexity index is 1060. The standard InChI is InChI=1S/C35H57NO6/c1-31(2)27-9-7-22-24-16-26-23(6-8-25(41-26)30(37)32(3,4)38)33(24,5)12-13-34(22)20-35(27,34)11-10-28(31)42-29-17-36(14-15-40-29)21-18-39-19-21/h21-30,37-38H,6-20H2,1-5H3/t22?,23?,24?,25?,26?,27?,28-,29?,30-,33?,34-,35+/m0/s1. The van der Waals surface area contributed by atoms with Crippen LogP contribution in [0.5, 0.6) is 0 Å². The Labute approximate surface area is 253 Å². The fourth-order valence-corrected chi connectivity index (χ4v) is 12.8. The van der Waals surface area contributed by atoms with Crippen molar-refractivity contribution in [1.82, 2.24) is 4.90 Å². The Morgan fingerprint density at radius 1 is 0.929 bits per heavy atom. The second-order valence-electron chi connectivity index (χ2n) is 17.5. The molecule has 5 saturated carbocycles. The Kier molecular flexibility index (Phi) is 6.68. The van der Waals surface area contributed by atoms with Crippen LogP contribution in [-0.2, 0) is 18.9 Å². The highest BCUT2D eigenvalue weighted by Gasteiger charge is 2.80. The topological polar surface area (TPSA) is 80.6 Å². The minimum atomic E-state index is -1.13. The zero-order valence-corrected chi connectivity index (χ0v) is 26.9. The van der Waals surface area contributed by atoms with Crippen molar-refractivity contribution >= 4 is 0 Å². The number of hydrogen-bond donors (Lipinski definition) is 2.